The van der Waals surface area contributed by atoms with Gasteiger partial charge < -0.3 is 15.2 Å². The van der Waals surface area contributed by atoms with Crippen LogP contribution in [0.25, 0.3) is 0 Å². The highest BCUT2D eigenvalue weighted by molar-refractivity contribution is 5.98. The number of carbonyl (C=O) groups is 2. The maximum atomic E-state index is 11.7. The Morgan fingerprint density at radius 3 is 2.59 bits per heavy atom. The molecule has 0 bridgehead atoms. The van der Waals surface area contributed by atoms with Gasteiger partial charge in [0.1, 0.15) is 11.8 Å². The molecule has 0 fully saturated rings. The molecular weight excluding hydrogens is 222 g/mol. The van der Waals surface area contributed by atoms with Crippen LogP contribution in [0.2, 0.25) is 0 Å². The number of esters is 1. The Hall–Kier alpha value is -2.04. The minimum absolute atomic E-state index is 0.112. The van der Waals surface area contributed by atoms with Crippen molar-refractivity contribution in [2.45, 2.75) is 19.9 Å². The molecule has 0 saturated heterocycles. The van der Waals surface area contributed by atoms with Gasteiger partial charge in [-0.15, -0.1) is 0 Å². The van der Waals surface area contributed by atoms with Crippen molar-refractivity contribution in [1.82, 2.24) is 5.32 Å². The second-order valence-electron chi connectivity index (χ2n) is 3.74. The molecule has 92 valence electrons. The lowest BCUT2D eigenvalue weighted by atomic mass is 10.1. The number of carbonyl (C=O) groups excluding carboxylic acids is 2. The van der Waals surface area contributed by atoms with Crippen molar-refractivity contribution in [2.24, 2.45) is 0 Å². The van der Waals surface area contributed by atoms with E-state index in [9.17, 15) is 14.7 Å². The van der Waals surface area contributed by atoms with Crippen molar-refractivity contribution in [3.8, 4) is 5.75 Å². The molecule has 0 radical (unpaired) electrons. The molecular formula is C12H15NO4. The van der Waals surface area contributed by atoms with Gasteiger partial charge in [0.25, 0.3) is 5.91 Å². The van der Waals surface area contributed by atoms with Gasteiger partial charge in [0, 0.05) is 0 Å². The fraction of sp³-hybridized carbons (Fsp3) is 0.333. The molecule has 0 spiro atoms. The first-order valence-corrected chi connectivity index (χ1v) is 5.14. The number of phenolic OH excluding ortho intramolecular Hbond substituents is 1. The minimum atomic E-state index is -0.756. The van der Waals surface area contributed by atoms with E-state index in [1.54, 1.807) is 13.0 Å². The Bertz CT molecular complexity index is 442. The molecule has 1 amide bonds. The number of amides is 1. The summed E-state index contributed by atoms with van der Waals surface area (Å²) in [6.45, 7) is 3.31. The van der Waals surface area contributed by atoms with Crippen LogP contribution in [0.1, 0.15) is 22.8 Å². The number of benzene rings is 1. The molecule has 1 aromatic rings. The van der Waals surface area contributed by atoms with Crippen molar-refractivity contribution in [3.63, 3.8) is 0 Å². The van der Waals surface area contributed by atoms with E-state index in [0.29, 0.717) is 0 Å². The molecule has 0 heterocycles. The average Bonchev–Trinajstić information content (AvgIpc) is 2.27. The normalized spacial score (nSPS) is 11.7. The number of ether oxygens (including phenoxy) is 1. The van der Waals surface area contributed by atoms with Crippen LogP contribution in [0.15, 0.2) is 18.2 Å². The first kappa shape index (κ1) is 13.0. The minimum Gasteiger partial charge on any atom is -0.507 e. The number of aromatic hydroxyl groups is 1. The molecule has 0 saturated carbocycles. The predicted octanol–water partition coefficient (Wildman–Crippen LogP) is 0.992. The first-order chi connectivity index (χ1) is 7.95. The SMILES string of the molecule is COC(=O)C(C)NC(=O)c1ccc(C)cc1O. The fourth-order valence-electron chi connectivity index (χ4n) is 1.34. The highest BCUT2D eigenvalue weighted by atomic mass is 16.5. The standard InChI is InChI=1S/C12H15NO4/c1-7-4-5-9(10(14)6-7)11(15)13-8(2)12(16)17-3/h4-6,8,14H,1-3H3,(H,13,15). The van der Waals surface area contributed by atoms with Gasteiger partial charge in [-0.2, -0.15) is 0 Å². The molecule has 0 aliphatic rings. The Kier molecular flexibility index (Phi) is 4.09. The third-order valence-electron chi connectivity index (χ3n) is 2.30. The number of phenols is 1. The van der Waals surface area contributed by atoms with Crippen molar-refractivity contribution in [3.05, 3.63) is 29.3 Å². The number of methoxy groups -OCH3 is 1. The summed E-state index contributed by atoms with van der Waals surface area (Å²) in [7, 11) is 1.24. The molecule has 2 N–H and O–H groups in total. The topological polar surface area (TPSA) is 75.6 Å². The molecule has 1 aromatic carbocycles. The van der Waals surface area contributed by atoms with Crippen molar-refractivity contribution >= 4 is 11.9 Å². The Morgan fingerprint density at radius 2 is 2.06 bits per heavy atom. The van der Waals surface area contributed by atoms with Crippen LogP contribution in [0.3, 0.4) is 0 Å². The molecule has 17 heavy (non-hydrogen) atoms. The van der Waals surface area contributed by atoms with Crippen molar-refractivity contribution in [2.75, 3.05) is 7.11 Å². The molecule has 0 aliphatic carbocycles. The third kappa shape index (κ3) is 3.21. The molecule has 1 atom stereocenters. The molecule has 1 rings (SSSR count). The third-order valence-corrected chi connectivity index (χ3v) is 2.30. The van der Waals surface area contributed by atoms with Crippen LogP contribution in [-0.4, -0.2) is 30.1 Å². The largest absolute Gasteiger partial charge is 0.507 e. The summed E-state index contributed by atoms with van der Waals surface area (Å²) < 4.78 is 4.48. The van der Waals surface area contributed by atoms with Gasteiger partial charge in [0.15, 0.2) is 0 Å². The Morgan fingerprint density at radius 1 is 1.41 bits per heavy atom. The smallest absolute Gasteiger partial charge is 0.328 e. The number of rotatable bonds is 3. The van der Waals surface area contributed by atoms with Gasteiger partial charge in [-0.3, -0.25) is 4.79 Å². The summed E-state index contributed by atoms with van der Waals surface area (Å²) in [6.07, 6.45) is 0. The van der Waals surface area contributed by atoms with Gasteiger partial charge >= 0.3 is 5.97 Å². The van der Waals surface area contributed by atoms with E-state index in [1.807, 2.05) is 0 Å². The van der Waals surface area contributed by atoms with E-state index < -0.39 is 17.9 Å². The molecule has 1 unspecified atom stereocenters. The number of aryl methyl sites for hydroxylation is 1. The lowest BCUT2D eigenvalue weighted by Crippen LogP contribution is -2.39. The summed E-state index contributed by atoms with van der Waals surface area (Å²) in [4.78, 5) is 22.8. The van der Waals surface area contributed by atoms with Crippen LogP contribution >= 0.6 is 0 Å². The van der Waals surface area contributed by atoms with Gasteiger partial charge in [0.2, 0.25) is 0 Å². The maximum Gasteiger partial charge on any atom is 0.328 e. The van der Waals surface area contributed by atoms with Crippen molar-refractivity contribution < 1.29 is 19.4 Å². The average molecular weight is 237 g/mol. The molecule has 0 aromatic heterocycles. The highest BCUT2D eigenvalue weighted by Crippen LogP contribution is 2.18. The van der Waals surface area contributed by atoms with Crippen LogP contribution in [-0.2, 0) is 9.53 Å². The first-order valence-electron chi connectivity index (χ1n) is 5.14. The van der Waals surface area contributed by atoms with Gasteiger partial charge in [-0.05, 0) is 31.5 Å². The van der Waals surface area contributed by atoms with Crippen LogP contribution in [0, 0.1) is 6.92 Å². The van der Waals surface area contributed by atoms with Crippen LogP contribution < -0.4 is 5.32 Å². The highest BCUT2D eigenvalue weighted by Gasteiger charge is 2.18. The summed E-state index contributed by atoms with van der Waals surface area (Å²) >= 11 is 0. The van der Waals surface area contributed by atoms with E-state index in [2.05, 4.69) is 10.1 Å². The Labute approximate surface area is 99.4 Å². The van der Waals surface area contributed by atoms with Crippen LogP contribution in [0.4, 0.5) is 0 Å². The monoisotopic (exact) mass is 237 g/mol. The summed E-state index contributed by atoms with van der Waals surface area (Å²) in [5.41, 5.74) is 0.978. The van der Waals surface area contributed by atoms with Crippen molar-refractivity contribution in [1.29, 1.82) is 0 Å². The molecule has 5 heteroatoms. The Balaban J connectivity index is 2.80. The zero-order valence-electron chi connectivity index (χ0n) is 9.98. The van der Waals surface area contributed by atoms with Gasteiger partial charge in [-0.25, -0.2) is 4.79 Å². The van der Waals surface area contributed by atoms with Crippen LogP contribution in [0.5, 0.6) is 5.75 Å². The summed E-state index contributed by atoms with van der Waals surface area (Å²) in [5, 5.41) is 12.0. The summed E-state index contributed by atoms with van der Waals surface area (Å²) in [6, 6.07) is 3.94. The predicted molar refractivity (Wildman–Crippen MR) is 61.8 cm³/mol. The van der Waals surface area contributed by atoms with Gasteiger partial charge in [0.05, 0.1) is 12.7 Å². The molecule has 0 aliphatic heterocycles. The second kappa shape index (κ2) is 5.34. The van der Waals surface area contributed by atoms with E-state index in [4.69, 9.17) is 0 Å². The number of hydrogen-bond acceptors (Lipinski definition) is 4. The van der Waals surface area contributed by atoms with E-state index in [0.717, 1.165) is 5.56 Å². The lowest BCUT2D eigenvalue weighted by Gasteiger charge is -2.12. The lowest BCUT2D eigenvalue weighted by molar-refractivity contribution is -0.142. The number of nitrogens with one attached hydrogen (secondary N) is 1. The van der Waals surface area contributed by atoms with E-state index >= 15 is 0 Å². The zero-order chi connectivity index (χ0) is 13.0. The number of hydrogen-bond donors (Lipinski definition) is 2. The maximum absolute atomic E-state index is 11.7. The quantitative estimate of drug-likeness (QED) is 0.769. The van der Waals surface area contributed by atoms with E-state index in [-0.39, 0.29) is 11.3 Å². The zero-order valence-corrected chi connectivity index (χ0v) is 9.98. The summed E-state index contributed by atoms with van der Waals surface area (Å²) in [5.74, 6) is -1.16. The van der Waals surface area contributed by atoms with Gasteiger partial charge in [-0.1, -0.05) is 6.07 Å². The second-order valence-corrected chi connectivity index (χ2v) is 3.74. The molecule has 5 nitrogen and oxygen atoms in total. The van der Waals surface area contributed by atoms with E-state index in [1.165, 1.54) is 26.2 Å². The fourth-order valence-corrected chi connectivity index (χ4v) is 1.34.